The molecule has 2 unspecified atom stereocenters. The molecule has 2 fully saturated rings. The third-order valence-electron chi connectivity index (χ3n) is 5.02. The smallest absolute Gasteiger partial charge is 0.00925 e. The zero-order valence-corrected chi connectivity index (χ0v) is 11.8. The monoisotopic (exact) mass is 238 g/mol. The van der Waals surface area contributed by atoms with Gasteiger partial charge in [-0.1, -0.05) is 6.92 Å². The molecule has 0 aromatic heterocycles. The van der Waals surface area contributed by atoms with E-state index in [1.54, 1.807) is 0 Å². The van der Waals surface area contributed by atoms with Gasteiger partial charge in [0.05, 0.1) is 0 Å². The highest BCUT2D eigenvalue weighted by Gasteiger charge is 2.24. The number of likely N-dealkylation sites (tertiary alicyclic amines) is 1. The van der Waals surface area contributed by atoms with Crippen LogP contribution in [0.4, 0.5) is 0 Å². The molecule has 17 heavy (non-hydrogen) atoms. The van der Waals surface area contributed by atoms with Crippen LogP contribution in [0.1, 0.15) is 52.4 Å². The Morgan fingerprint density at radius 1 is 1.12 bits per heavy atom. The number of hydrogen-bond acceptors (Lipinski definition) is 2. The number of hydrogen-bond donors (Lipinski definition) is 1. The molecule has 0 radical (unpaired) electrons. The van der Waals surface area contributed by atoms with E-state index in [1.807, 2.05) is 0 Å². The fourth-order valence-electron chi connectivity index (χ4n) is 3.49. The van der Waals surface area contributed by atoms with Crippen molar-refractivity contribution in [3.63, 3.8) is 0 Å². The third-order valence-corrected chi connectivity index (χ3v) is 5.02. The zero-order chi connectivity index (χ0) is 12.1. The Hall–Kier alpha value is -0.0800. The van der Waals surface area contributed by atoms with Crippen molar-refractivity contribution in [1.82, 2.24) is 10.2 Å². The molecule has 0 aliphatic carbocycles. The molecule has 1 N–H and O–H groups in total. The van der Waals surface area contributed by atoms with Crippen LogP contribution in [0.2, 0.25) is 0 Å². The fraction of sp³-hybridized carbons (Fsp3) is 1.00. The van der Waals surface area contributed by atoms with Crippen LogP contribution in [-0.4, -0.2) is 37.1 Å². The second kappa shape index (κ2) is 6.75. The molecule has 2 nitrogen and oxygen atoms in total. The Morgan fingerprint density at radius 2 is 1.88 bits per heavy atom. The Kier molecular flexibility index (Phi) is 5.30. The van der Waals surface area contributed by atoms with Gasteiger partial charge in [0, 0.05) is 6.04 Å². The molecule has 2 saturated heterocycles. The molecule has 2 aliphatic heterocycles. The van der Waals surface area contributed by atoms with Crippen LogP contribution in [0.15, 0.2) is 0 Å². The van der Waals surface area contributed by atoms with Crippen molar-refractivity contribution in [3.8, 4) is 0 Å². The summed E-state index contributed by atoms with van der Waals surface area (Å²) in [6.45, 7) is 10.0. The van der Waals surface area contributed by atoms with Gasteiger partial charge in [-0.15, -0.1) is 0 Å². The number of nitrogens with zero attached hydrogens (tertiary/aromatic N) is 1. The number of piperidine rings is 2. The quantitative estimate of drug-likeness (QED) is 0.810. The molecule has 0 spiro atoms. The van der Waals surface area contributed by atoms with Crippen molar-refractivity contribution in [2.24, 2.45) is 11.8 Å². The third kappa shape index (κ3) is 3.96. The van der Waals surface area contributed by atoms with E-state index in [-0.39, 0.29) is 0 Å². The van der Waals surface area contributed by atoms with Crippen molar-refractivity contribution in [2.75, 3.05) is 26.2 Å². The summed E-state index contributed by atoms with van der Waals surface area (Å²) in [5.74, 6) is 1.91. The van der Waals surface area contributed by atoms with E-state index >= 15 is 0 Å². The first-order chi connectivity index (χ1) is 8.27. The maximum atomic E-state index is 3.46. The summed E-state index contributed by atoms with van der Waals surface area (Å²) >= 11 is 0. The van der Waals surface area contributed by atoms with Gasteiger partial charge in [-0.2, -0.15) is 0 Å². The fourth-order valence-corrected chi connectivity index (χ4v) is 3.49. The first kappa shape index (κ1) is 13.4. The SMILES string of the molecule is CC1CCCN(CCCC2CCNCC2)C1C. The second-order valence-corrected chi connectivity index (χ2v) is 6.23. The molecule has 0 amide bonds. The lowest BCUT2D eigenvalue weighted by molar-refractivity contribution is 0.109. The summed E-state index contributed by atoms with van der Waals surface area (Å²) < 4.78 is 0. The van der Waals surface area contributed by atoms with Crippen LogP contribution in [0.3, 0.4) is 0 Å². The number of rotatable bonds is 4. The Morgan fingerprint density at radius 3 is 2.65 bits per heavy atom. The summed E-state index contributed by atoms with van der Waals surface area (Å²) in [5, 5.41) is 3.46. The van der Waals surface area contributed by atoms with E-state index in [1.165, 1.54) is 64.7 Å². The van der Waals surface area contributed by atoms with Crippen molar-refractivity contribution < 1.29 is 0 Å². The molecule has 2 rings (SSSR count). The lowest BCUT2D eigenvalue weighted by Gasteiger charge is -2.38. The minimum absolute atomic E-state index is 0.816. The predicted molar refractivity (Wildman–Crippen MR) is 74.3 cm³/mol. The van der Waals surface area contributed by atoms with Crippen LogP contribution in [0, 0.1) is 11.8 Å². The summed E-state index contributed by atoms with van der Waals surface area (Å²) in [5.41, 5.74) is 0. The first-order valence-corrected chi connectivity index (χ1v) is 7.72. The molecule has 0 aromatic rings. The van der Waals surface area contributed by atoms with E-state index in [4.69, 9.17) is 0 Å². The topological polar surface area (TPSA) is 15.3 Å². The van der Waals surface area contributed by atoms with Crippen molar-refractivity contribution in [2.45, 2.75) is 58.4 Å². The summed E-state index contributed by atoms with van der Waals surface area (Å²) in [6.07, 6.45) is 8.55. The van der Waals surface area contributed by atoms with Gasteiger partial charge in [0.2, 0.25) is 0 Å². The van der Waals surface area contributed by atoms with E-state index in [2.05, 4.69) is 24.1 Å². The zero-order valence-electron chi connectivity index (χ0n) is 11.8. The maximum Gasteiger partial charge on any atom is 0.00925 e. The van der Waals surface area contributed by atoms with Crippen LogP contribution < -0.4 is 5.32 Å². The van der Waals surface area contributed by atoms with Crippen molar-refractivity contribution in [3.05, 3.63) is 0 Å². The molecule has 2 atom stereocenters. The standard InChI is InChI=1S/C15H30N2/c1-13-5-3-11-17(14(13)2)12-4-6-15-7-9-16-10-8-15/h13-16H,3-12H2,1-2H3. The molecule has 2 aliphatic rings. The first-order valence-electron chi connectivity index (χ1n) is 7.72. The molecule has 100 valence electrons. The maximum absolute atomic E-state index is 3.46. The van der Waals surface area contributed by atoms with E-state index in [0.29, 0.717) is 0 Å². The largest absolute Gasteiger partial charge is 0.317 e. The molecule has 2 heteroatoms. The van der Waals surface area contributed by atoms with E-state index in [0.717, 1.165) is 17.9 Å². The van der Waals surface area contributed by atoms with Gasteiger partial charge in [0.25, 0.3) is 0 Å². The van der Waals surface area contributed by atoms with Gasteiger partial charge in [-0.05, 0) is 83.5 Å². The Bertz CT molecular complexity index is 211. The second-order valence-electron chi connectivity index (χ2n) is 6.23. The molecular formula is C15H30N2. The molecule has 0 bridgehead atoms. The highest BCUT2D eigenvalue weighted by atomic mass is 15.2. The average molecular weight is 238 g/mol. The normalized spacial score (nSPS) is 32.8. The van der Waals surface area contributed by atoms with E-state index in [9.17, 15) is 0 Å². The van der Waals surface area contributed by atoms with E-state index < -0.39 is 0 Å². The minimum Gasteiger partial charge on any atom is -0.317 e. The van der Waals surface area contributed by atoms with Gasteiger partial charge in [0.15, 0.2) is 0 Å². The van der Waals surface area contributed by atoms with Crippen LogP contribution in [0.5, 0.6) is 0 Å². The lowest BCUT2D eigenvalue weighted by Crippen LogP contribution is -2.42. The summed E-state index contributed by atoms with van der Waals surface area (Å²) in [4.78, 5) is 2.73. The summed E-state index contributed by atoms with van der Waals surface area (Å²) in [7, 11) is 0. The highest BCUT2D eigenvalue weighted by Crippen LogP contribution is 2.24. The summed E-state index contributed by atoms with van der Waals surface area (Å²) in [6, 6.07) is 0.816. The molecule has 2 heterocycles. The molecule has 0 aromatic carbocycles. The predicted octanol–water partition coefficient (Wildman–Crippen LogP) is 2.89. The van der Waals surface area contributed by atoms with Crippen LogP contribution >= 0.6 is 0 Å². The number of nitrogens with one attached hydrogen (secondary N) is 1. The van der Waals surface area contributed by atoms with Gasteiger partial charge < -0.3 is 10.2 Å². The van der Waals surface area contributed by atoms with Crippen molar-refractivity contribution >= 4 is 0 Å². The van der Waals surface area contributed by atoms with Gasteiger partial charge in [-0.25, -0.2) is 0 Å². The Labute approximate surface area is 107 Å². The van der Waals surface area contributed by atoms with Gasteiger partial charge in [-0.3, -0.25) is 0 Å². The molecule has 0 saturated carbocycles. The van der Waals surface area contributed by atoms with Gasteiger partial charge >= 0.3 is 0 Å². The van der Waals surface area contributed by atoms with Crippen molar-refractivity contribution in [1.29, 1.82) is 0 Å². The highest BCUT2D eigenvalue weighted by molar-refractivity contribution is 4.79. The van der Waals surface area contributed by atoms with Crippen LogP contribution in [0.25, 0.3) is 0 Å². The van der Waals surface area contributed by atoms with Gasteiger partial charge in [0.1, 0.15) is 0 Å². The Balaban J connectivity index is 1.63. The average Bonchev–Trinajstić information content (AvgIpc) is 2.36. The minimum atomic E-state index is 0.816. The lowest BCUT2D eigenvalue weighted by atomic mass is 9.90. The molecular weight excluding hydrogens is 208 g/mol. The van der Waals surface area contributed by atoms with Crippen LogP contribution in [-0.2, 0) is 0 Å².